The van der Waals surface area contributed by atoms with E-state index in [0.717, 1.165) is 22.4 Å². The molecule has 5 heteroatoms. The quantitative estimate of drug-likeness (QED) is 0.800. The van der Waals surface area contributed by atoms with E-state index in [-0.39, 0.29) is 5.56 Å². The smallest absolute Gasteiger partial charge is 0.335 e. The number of carbonyl (C=O) groups is 1. The second-order valence-corrected chi connectivity index (χ2v) is 4.72. The van der Waals surface area contributed by atoms with Crippen LogP contribution in [0.2, 0.25) is 0 Å². The van der Waals surface area contributed by atoms with Crippen LogP contribution in [-0.4, -0.2) is 25.8 Å². The van der Waals surface area contributed by atoms with Crippen molar-refractivity contribution in [1.82, 2.24) is 14.8 Å². The normalized spacial score (nSPS) is 10.5. The molecule has 104 valence electrons. The summed E-state index contributed by atoms with van der Waals surface area (Å²) in [5.41, 5.74) is 3.86. The summed E-state index contributed by atoms with van der Waals surface area (Å²) >= 11 is 0. The highest BCUT2D eigenvalue weighted by molar-refractivity contribution is 5.88. The minimum Gasteiger partial charge on any atom is -0.478 e. The maximum Gasteiger partial charge on any atom is 0.335 e. The van der Waals surface area contributed by atoms with Crippen molar-refractivity contribution in [2.75, 3.05) is 0 Å². The van der Waals surface area contributed by atoms with E-state index in [0.29, 0.717) is 0 Å². The number of aromatic carboxylic acids is 1. The summed E-state index contributed by atoms with van der Waals surface area (Å²) in [6.07, 6.45) is 7.09. The Morgan fingerprint density at radius 2 is 2.05 bits per heavy atom. The minimum atomic E-state index is -0.948. The van der Waals surface area contributed by atoms with Crippen LogP contribution in [0.5, 0.6) is 0 Å². The molecule has 0 bridgehead atoms. The maximum absolute atomic E-state index is 11.1. The number of aryl methyl sites for hydroxylation is 1. The van der Waals surface area contributed by atoms with Gasteiger partial charge in [0.1, 0.15) is 0 Å². The molecule has 0 saturated heterocycles. The first kappa shape index (κ1) is 13.1. The summed E-state index contributed by atoms with van der Waals surface area (Å²) in [7, 11) is 0. The maximum atomic E-state index is 11.1. The van der Waals surface area contributed by atoms with E-state index in [2.05, 4.69) is 10.1 Å². The number of hydrogen-bond acceptors (Lipinski definition) is 3. The molecule has 0 amide bonds. The third-order valence-electron chi connectivity index (χ3n) is 3.28. The molecule has 0 aliphatic carbocycles. The molecule has 2 heterocycles. The van der Waals surface area contributed by atoms with Crippen molar-refractivity contribution in [3.05, 3.63) is 66.2 Å². The van der Waals surface area contributed by atoms with Crippen LogP contribution in [0.4, 0.5) is 0 Å². The highest BCUT2D eigenvalue weighted by Crippen LogP contribution is 2.21. The van der Waals surface area contributed by atoms with E-state index in [1.165, 1.54) is 0 Å². The molecule has 0 aliphatic heterocycles. The number of pyridine rings is 1. The fourth-order valence-electron chi connectivity index (χ4n) is 2.13. The van der Waals surface area contributed by atoms with Crippen molar-refractivity contribution in [1.29, 1.82) is 0 Å². The van der Waals surface area contributed by atoms with E-state index in [4.69, 9.17) is 5.11 Å². The number of rotatable bonds is 3. The zero-order chi connectivity index (χ0) is 14.8. The van der Waals surface area contributed by atoms with Crippen molar-refractivity contribution in [3.8, 4) is 16.8 Å². The van der Waals surface area contributed by atoms with Gasteiger partial charge in [0.15, 0.2) is 0 Å². The van der Waals surface area contributed by atoms with Crippen LogP contribution in [0.1, 0.15) is 15.9 Å². The van der Waals surface area contributed by atoms with Crippen LogP contribution in [0.3, 0.4) is 0 Å². The fourth-order valence-corrected chi connectivity index (χ4v) is 2.13. The molecular formula is C16H13N3O2. The van der Waals surface area contributed by atoms with Gasteiger partial charge in [-0.2, -0.15) is 5.10 Å². The van der Waals surface area contributed by atoms with Crippen molar-refractivity contribution < 1.29 is 9.90 Å². The van der Waals surface area contributed by atoms with E-state index < -0.39 is 5.97 Å². The van der Waals surface area contributed by atoms with Gasteiger partial charge in [-0.1, -0.05) is 12.1 Å². The molecule has 0 unspecified atom stereocenters. The molecular weight excluding hydrogens is 266 g/mol. The number of hydrogen-bond donors (Lipinski definition) is 1. The van der Waals surface area contributed by atoms with Gasteiger partial charge in [0, 0.05) is 29.7 Å². The Bertz CT molecular complexity index is 794. The summed E-state index contributed by atoms with van der Waals surface area (Å²) in [5, 5.41) is 13.4. The van der Waals surface area contributed by atoms with Gasteiger partial charge in [-0.3, -0.25) is 4.98 Å². The van der Waals surface area contributed by atoms with Crippen LogP contribution in [0.15, 0.2) is 55.1 Å². The van der Waals surface area contributed by atoms with Crippen LogP contribution < -0.4 is 0 Å². The Balaban J connectivity index is 2.04. The molecule has 1 aromatic carbocycles. The molecule has 5 nitrogen and oxygen atoms in total. The van der Waals surface area contributed by atoms with Gasteiger partial charge in [-0.05, 0) is 30.7 Å². The number of aromatic nitrogens is 3. The average Bonchev–Trinajstić information content (AvgIpc) is 2.98. The number of carboxylic acid groups (broad SMARTS) is 1. The molecule has 0 fully saturated rings. The van der Waals surface area contributed by atoms with Gasteiger partial charge in [0.25, 0.3) is 0 Å². The second-order valence-electron chi connectivity index (χ2n) is 4.72. The molecule has 0 atom stereocenters. The second kappa shape index (κ2) is 5.20. The van der Waals surface area contributed by atoms with Gasteiger partial charge < -0.3 is 5.11 Å². The molecule has 3 aromatic rings. The van der Waals surface area contributed by atoms with Gasteiger partial charge >= 0.3 is 5.97 Å². The predicted octanol–water partition coefficient (Wildman–Crippen LogP) is 2.94. The van der Waals surface area contributed by atoms with Gasteiger partial charge in [-0.15, -0.1) is 0 Å². The molecule has 0 saturated carbocycles. The first-order valence-electron chi connectivity index (χ1n) is 6.44. The van der Waals surface area contributed by atoms with Crippen molar-refractivity contribution in [2.45, 2.75) is 6.92 Å². The summed E-state index contributed by atoms with van der Waals surface area (Å²) in [4.78, 5) is 15.2. The topological polar surface area (TPSA) is 68.0 Å². The van der Waals surface area contributed by atoms with Crippen LogP contribution >= 0.6 is 0 Å². The summed E-state index contributed by atoms with van der Waals surface area (Å²) in [6, 6.07) is 8.81. The van der Waals surface area contributed by atoms with Crippen LogP contribution in [-0.2, 0) is 0 Å². The SMILES string of the molecule is Cc1ccc(C(=O)O)cc1-n1cc(-c2cccnc2)cn1. The average molecular weight is 279 g/mol. The van der Waals surface area contributed by atoms with E-state index in [1.54, 1.807) is 41.5 Å². The highest BCUT2D eigenvalue weighted by Gasteiger charge is 2.09. The third kappa shape index (κ3) is 2.53. The zero-order valence-corrected chi connectivity index (χ0v) is 11.4. The Hall–Kier alpha value is -2.95. The van der Waals surface area contributed by atoms with Gasteiger partial charge in [0.05, 0.1) is 17.4 Å². The Labute approximate surface area is 121 Å². The molecule has 0 radical (unpaired) electrons. The molecule has 3 rings (SSSR count). The predicted molar refractivity (Wildman–Crippen MR) is 78.5 cm³/mol. The highest BCUT2D eigenvalue weighted by atomic mass is 16.4. The number of nitrogens with zero attached hydrogens (tertiary/aromatic N) is 3. The third-order valence-corrected chi connectivity index (χ3v) is 3.28. The monoisotopic (exact) mass is 279 g/mol. The summed E-state index contributed by atoms with van der Waals surface area (Å²) in [5.74, 6) is -0.948. The first-order chi connectivity index (χ1) is 10.1. The van der Waals surface area contributed by atoms with Crippen molar-refractivity contribution >= 4 is 5.97 Å². The van der Waals surface area contributed by atoms with Crippen molar-refractivity contribution in [3.63, 3.8) is 0 Å². The van der Waals surface area contributed by atoms with Gasteiger partial charge in [0.2, 0.25) is 0 Å². The largest absolute Gasteiger partial charge is 0.478 e. The molecule has 0 aliphatic rings. The number of carboxylic acids is 1. The standard InChI is InChI=1S/C16H13N3O2/c1-11-4-5-12(16(20)21)7-15(11)19-10-14(9-18-19)13-3-2-6-17-8-13/h2-10H,1H3,(H,20,21). The lowest BCUT2D eigenvalue weighted by Gasteiger charge is -2.06. The number of benzene rings is 1. The summed E-state index contributed by atoms with van der Waals surface area (Å²) < 4.78 is 1.68. The lowest BCUT2D eigenvalue weighted by atomic mass is 10.1. The van der Waals surface area contributed by atoms with Crippen LogP contribution in [0, 0.1) is 6.92 Å². The Morgan fingerprint density at radius 3 is 2.76 bits per heavy atom. The van der Waals surface area contributed by atoms with E-state index in [9.17, 15) is 4.79 Å². The van der Waals surface area contributed by atoms with E-state index >= 15 is 0 Å². The van der Waals surface area contributed by atoms with Crippen molar-refractivity contribution in [2.24, 2.45) is 0 Å². The first-order valence-corrected chi connectivity index (χ1v) is 6.44. The lowest BCUT2D eigenvalue weighted by Crippen LogP contribution is -2.02. The van der Waals surface area contributed by atoms with E-state index in [1.807, 2.05) is 25.3 Å². The van der Waals surface area contributed by atoms with Crippen LogP contribution in [0.25, 0.3) is 16.8 Å². The fraction of sp³-hybridized carbons (Fsp3) is 0.0625. The van der Waals surface area contributed by atoms with Gasteiger partial charge in [-0.25, -0.2) is 9.48 Å². The molecule has 21 heavy (non-hydrogen) atoms. The molecule has 0 spiro atoms. The zero-order valence-electron chi connectivity index (χ0n) is 11.4. The Kier molecular flexibility index (Phi) is 3.23. The molecule has 1 N–H and O–H groups in total. The lowest BCUT2D eigenvalue weighted by molar-refractivity contribution is 0.0697. The summed E-state index contributed by atoms with van der Waals surface area (Å²) in [6.45, 7) is 1.92. The minimum absolute atomic E-state index is 0.244. The Morgan fingerprint density at radius 1 is 1.19 bits per heavy atom. The molecule has 2 aromatic heterocycles.